The van der Waals surface area contributed by atoms with Gasteiger partial charge in [0.2, 0.25) is 0 Å². The molecular formula is C21H22BN. The van der Waals surface area contributed by atoms with Gasteiger partial charge in [-0.2, -0.15) is 0 Å². The average molecular weight is 299 g/mol. The number of aromatic nitrogens is 1. The monoisotopic (exact) mass is 299 g/mol. The first-order valence-corrected chi connectivity index (χ1v) is 8.08. The number of nitrogens with zero attached hydrogens (tertiary/aromatic N) is 1. The molecule has 0 saturated heterocycles. The molecule has 0 aliphatic carbocycles. The first-order chi connectivity index (χ1) is 10.9. The van der Waals surface area contributed by atoms with Gasteiger partial charge in [-0.3, -0.25) is 4.98 Å². The molecule has 114 valence electrons. The van der Waals surface area contributed by atoms with Gasteiger partial charge >= 0.3 is 0 Å². The van der Waals surface area contributed by atoms with Crippen molar-refractivity contribution in [3.8, 4) is 22.3 Å². The van der Waals surface area contributed by atoms with E-state index < -0.39 is 0 Å². The summed E-state index contributed by atoms with van der Waals surface area (Å²) in [5.41, 5.74) is 7.29. The molecular weight excluding hydrogens is 277 g/mol. The van der Waals surface area contributed by atoms with Crippen LogP contribution in [0.2, 0.25) is 0 Å². The van der Waals surface area contributed by atoms with Gasteiger partial charge in [0.25, 0.3) is 0 Å². The molecule has 0 saturated carbocycles. The molecule has 2 aromatic carbocycles. The lowest BCUT2D eigenvalue weighted by molar-refractivity contribution is 0.722. The van der Waals surface area contributed by atoms with Crippen LogP contribution in [0.3, 0.4) is 0 Å². The van der Waals surface area contributed by atoms with Crippen molar-refractivity contribution in [2.75, 3.05) is 0 Å². The van der Waals surface area contributed by atoms with Crippen LogP contribution in [-0.4, -0.2) is 12.8 Å². The Bertz CT molecular complexity index is 799. The van der Waals surface area contributed by atoms with Crippen molar-refractivity contribution >= 4 is 7.85 Å². The highest BCUT2D eigenvalue weighted by molar-refractivity contribution is 6.15. The van der Waals surface area contributed by atoms with Gasteiger partial charge in [-0.1, -0.05) is 68.4 Å². The summed E-state index contributed by atoms with van der Waals surface area (Å²) >= 11 is 0. The lowest BCUT2D eigenvalue weighted by Gasteiger charge is -2.20. The van der Waals surface area contributed by atoms with Crippen LogP contribution in [0, 0.1) is 6.92 Å². The van der Waals surface area contributed by atoms with E-state index in [1.165, 1.54) is 33.5 Å². The molecule has 0 unspecified atom stereocenters. The maximum Gasteiger partial charge on any atom is 0.116 e. The predicted molar refractivity (Wildman–Crippen MR) is 101 cm³/mol. The Balaban J connectivity index is 1.93. The number of hydrogen-bond donors (Lipinski definition) is 0. The summed E-state index contributed by atoms with van der Waals surface area (Å²) in [6.45, 7) is 6.56. The summed E-state index contributed by atoms with van der Waals surface area (Å²) in [6.07, 6.45) is 1.99. The second-order valence-electron chi connectivity index (χ2n) is 7.08. The summed E-state index contributed by atoms with van der Waals surface area (Å²) in [4.78, 5) is 4.71. The smallest absolute Gasteiger partial charge is 0.116 e. The zero-order valence-electron chi connectivity index (χ0n) is 14.3. The van der Waals surface area contributed by atoms with Crippen molar-refractivity contribution in [2.24, 2.45) is 0 Å². The Hall–Kier alpha value is -2.35. The third-order valence-corrected chi connectivity index (χ3v) is 4.11. The Kier molecular flexibility index (Phi) is 4.08. The molecule has 0 N–H and O–H groups in total. The van der Waals surface area contributed by atoms with Crippen LogP contribution < -0.4 is 0 Å². The van der Waals surface area contributed by atoms with E-state index in [1.807, 2.05) is 12.3 Å². The van der Waals surface area contributed by atoms with E-state index in [0.29, 0.717) is 0 Å². The number of benzene rings is 2. The first kappa shape index (κ1) is 15.5. The van der Waals surface area contributed by atoms with E-state index in [9.17, 15) is 0 Å². The van der Waals surface area contributed by atoms with Gasteiger partial charge in [0.15, 0.2) is 0 Å². The molecule has 0 amide bonds. The molecule has 0 fully saturated rings. The highest BCUT2D eigenvalue weighted by Crippen LogP contribution is 2.27. The van der Waals surface area contributed by atoms with E-state index in [2.05, 4.69) is 83.2 Å². The van der Waals surface area contributed by atoms with Crippen molar-refractivity contribution in [1.82, 2.24) is 4.98 Å². The van der Waals surface area contributed by atoms with Crippen LogP contribution in [-0.2, 0) is 5.31 Å². The van der Waals surface area contributed by atoms with Gasteiger partial charge in [-0.05, 0) is 40.6 Å². The largest absolute Gasteiger partial charge is 0.261 e. The van der Waals surface area contributed by atoms with Crippen LogP contribution in [0.25, 0.3) is 22.3 Å². The summed E-state index contributed by atoms with van der Waals surface area (Å²) in [6, 6.07) is 21.4. The fourth-order valence-electron chi connectivity index (χ4n) is 3.00. The van der Waals surface area contributed by atoms with Crippen molar-refractivity contribution in [2.45, 2.75) is 26.1 Å². The van der Waals surface area contributed by atoms with E-state index in [4.69, 9.17) is 4.98 Å². The minimum atomic E-state index is 0.0831. The highest BCUT2D eigenvalue weighted by Gasteiger charge is 2.18. The molecule has 3 rings (SSSR count). The van der Waals surface area contributed by atoms with E-state index in [-0.39, 0.29) is 5.31 Å². The quantitative estimate of drug-likeness (QED) is 0.644. The number of rotatable bonds is 3. The van der Waals surface area contributed by atoms with Crippen LogP contribution in [0.15, 0.2) is 66.9 Å². The van der Waals surface area contributed by atoms with Gasteiger partial charge in [-0.15, -0.1) is 0 Å². The summed E-state index contributed by atoms with van der Waals surface area (Å²) < 4.78 is 0. The van der Waals surface area contributed by atoms with Crippen LogP contribution in [0.4, 0.5) is 0 Å². The van der Waals surface area contributed by atoms with E-state index >= 15 is 0 Å². The molecule has 2 heteroatoms. The van der Waals surface area contributed by atoms with Gasteiger partial charge in [0, 0.05) is 17.5 Å². The molecule has 0 spiro atoms. The molecule has 0 bridgehead atoms. The van der Waals surface area contributed by atoms with Gasteiger partial charge < -0.3 is 0 Å². The molecule has 1 heterocycles. The minimum absolute atomic E-state index is 0.0831. The van der Waals surface area contributed by atoms with Crippen LogP contribution in [0.1, 0.15) is 25.1 Å². The molecule has 0 atom stereocenters. The second-order valence-corrected chi connectivity index (χ2v) is 7.08. The predicted octanol–water partition coefficient (Wildman–Crippen LogP) is 4.59. The third-order valence-electron chi connectivity index (χ3n) is 4.11. The Labute approximate surface area is 139 Å². The lowest BCUT2D eigenvalue weighted by Crippen LogP contribution is -2.20. The lowest BCUT2D eigenvalue weighted by atomic mass is 9.68. The maximum absolute atomic E-state index is 4.71. The topological polar surface area (TPSA) is 12.9 Å². The van der Waals surface area contributed by atoms with Crippen molar-refractivity contribution in [3.05, 3.63) is 78.1 Å². The minimum Gasteiger partial charge on any atom is -0.261 e. The third kappa shape index (κ3) is 3.37. The fourth-order valence-corrected chi connectivity index (χ4v) is 3.00. The molecule has 0 radical (unpaired) electrons. The SMILES string of the molecule is BC(C)(C)c1ncc(-c2ccc(-c3ccccc3)cc2)cc1C. The van der Waals surface area contributed by atoms with Crippen molar-refractivity contribution in [3.63, 3.8) is 0 Å². The fraction of sp³-hybridized carbons (Fsp3) is 0.190. The second kappa shape index (κ2) is 6.04. The van der Waals surface area contributed by atoms with E-state index in [0.717, 1.165) is 0 Å². The Morgan fingerprint density at radius 2 is 1.30 bits per heavy atom. The molecule has 1 aromatic heterocycles. The summed E-state index contributed by atoms with van der Waals surface area (Å²) in [7, 11) is 2.21. The van der Waals surface area contributed by atoms with E-state index in [1.54, 1.807) is 0 Å². The first-order valence-electron chi connectivity index (χ1n) is 8.08. The summed E-state index contributed by atoms with van der Waals surface area (Å²) in [5.74, 6) is 0. The highest BCUT2D eigenvalue weighted by atomic mass is 14.7. The molecule has 0 aliphatic rings. The summed E-state index contributed by atoms with van der Waals surface area (Å²) in [5, 5.41) is 0.0831. The molecule has 1 nitrogen and oxygen atoms in total. The van der Waals surface area contributed by atoms with Crippen molar-refractivity contribution < 1.29 is 0 Å². The standard InChI is InChI=1S/C21H22BN/c1-15-13-19(14-23-20(15)21(2,3)22)18-11-9-17(10-12-18)16-7-5-4-6-8-16/h4-14H,22H2,1-3H3. The zero-order chi connectivity index (χ0) is 16.4. The van der Waals surface area contributed by atoms with Crippen LogP contribution >= 0.6 is 0 Å². The number of aryl methyl sites for hydroxylation is 1. The Morgan fingerprint density at radius 3 is 1.83 bits per heavy atom. The maximum atomic E-state index is 4.71. The average Bonchev–Trinajstić information content (AvgIpc) is 2.54. The Morgan fingerprint density at radius 1 is 0.783 bits per heavy atom. The van der Waals surface area contributed by atoms with Crippen LogP contribution in [0.5, 0.6) is 0 Å². The van der Waals surface area contributed by atoms with Gasteiger partial charge in [-0.25, -0.2) is 0 Å². The number of hydrogen-bond acceptors (Lipinski definition) is 1. The molecule has 23 heavy (non-hydrogen) atoms. The van der Waals surface area contributed by atoms with Gasteiger partial charge in [0.1, 0.15) is 7.85 Å². The number of pyridine rings is 1. The normalized spacial score (nSPS) is 11.4. The van der Waals surface area contributed by atoms with Gasteiger partial charge in [0.05, 0.1) is 0 Å². The molecule has 3 aromatic rings. The zero-order valence-corrected chi connectivity index (χ0v) is 14.3. The molecule has 0 aliphatic heterocycles. The van der Waals surface area contributed by atoms with Crippen molar-refractivity contribution in [1.29, 1.82) is 0 Å².